The van der Waals surface area contributed by atoms with Crippen molar-refractivity contribution in [1.29, 1.82) is 0 Å². The highest BCUT2D eigenvalue weighted by atomic mass is 35.5. The second-order valence-electron chi connectivity index (χ2n) is 8.35. The molecule has 2 aliphatic rings. The fourth-order valence-electron chi connectivity index (χ4n) is 4.31. The molecule has 0 atom stereocenters. The molecule has 1 aromatic rings. The molecule has 10 heteroatoms. The number of nitrogens with one attached hydrogen (secondary N) is 1. The Balaban J connectivity index is 1.91. The van der Waals surface area contributed by atoms with Gasteiger partial charge in [-0.05, 0) is 49.8 Å². The van der Waals surface area contributed by atoms with Crippen molar-refractivity contribution in [2.45, 2.75) is 69.7 Å². The topological polar surface area (TPSA) is 67.8 Å². The standard InChI is InChI=1S/C21H28ClF3N2O3S/c22-17-11-12-19(27-31(28,29)21(23,24)25)18(13-17)20(16-9-5-2-6-10-16)26-30-14-15-7-3-1-4-8-15/h11-13,15-16,27H,1-10,14H2. The number of alkyl halides is 3. The zero-order valence-electron chi connectivity index (χ0n) is 17.3. The third-order valence-corrected chi connectivity index (χ3v) is 7.33. The van der Waals surface area contributed by atoms with E-state index in [9.17, 15) is 21.6 Å². The minimum absolute atomic E-state index is 0.0345. The van der Waals surface area contributed by atoms with Crippen LogP contribution in [0.1, 0.15) is 69.8 Å². The summed E-state index contributed by atoms with van der Waals surface area (Å²) < 4.78 is 64.0. The lowest BCUT2D eigenvalue weighted by molar-refractivity contribution is -0.0429. The Morgan fingerprint density at radius 2 is 1.68 bits per heavy atom. The fraction of sp³-hybridized carbons (Fsp3) is 0.667. The van der Waals surface area contributed by atoms with E-state index in [0.29, 0.717) is 18.2 Å². The van der Waals surface area contributed by atoms with E-state index < -0.39 is 15.5 Å². The van der Waals surface area contributed by atoms with Gasteiger partial charge in [-0.1, -0.05) is 55.3 Å². The minimum Gasteiger partial charge on any atom is -0.395 e. The molecule has 174 valence electrons. The highest BCUT2D eigenvalue weighted by molar-refractivity contribution is 7.93. The van der Waals surface area contributed by atoms with Crippen molar-refractivity contribution < 1.29 is 26.4 Å². The van der Waals surface area contributed by atoms with Gasteiger partial charge in [-0.2, -0.15) is 21.6 Å². The number of sulfonamides is 1. The van der Waals surface area contributed by atoms with E-state index in [1.807, 2.05) is 0 Å². The number of anilines is 1. The van der Waals surface area contributed by atoms with Crippen molar-refractivity contribution >= 4 is 33.0 Å². The van der Waals surface area contributed by atoms with Crippen molar-refractivity contribution in [2.24, 2.45) is 17.0 Å². The van der Waals surface area contributed by atoms with E-state index in [4.69, 9.17) is 16.4 Å². The van der Waals surface area contributed by atoms with Gasteiger partial charge >= 0.3 is 15.5 Å². The first-order valence-corrected chi connectivity index (χ1v) is 12.6. The molecule has 0 spiro atoms. The van der Waals surface area contributed by atoms with Gasteiger partial charge < -0.3 is 4.84 Å². The summed E-state index contributed by atoms with van der Waals surface area (Å²) in [6.07, 6.45) is 10.3. The summed E-state index contributed by atoms with van der Waals surface area (Å²) in [4.78, 5) is 5.68. The molecule has 31 heavy (non-hydrogen) atoms. The average molecular weight is 481 g/mol. The van der Waals surface area contributed by atoms with Crippen LogP contribution in [0.2, 0.25) is 5.02 Å². The van der Waals surface area contributed by atoms with Crippen LogP contribution in [0, 0.1) is 11.8 Å². The van der Waals surface area contributed by atoms with E-state index >= 15 is 0 Å². The van der Waals surface area contributed by atoms with Crippen LogP contribution < -0.4 is 4.72 Å². The van der Waals surface area contributed by atoms with Gasteiger partial charge in [-0.3, -0.25) is 4.72 Å². The third kappa shape index (κ3) is 6.51. The Hall–Kier alpha value is -1.48. The van der Waals surface area contributed by atoms with Crippen molar-refractivity contribution in [3.63, 3.8) is 0 Å². The zero-order valence-corrected chi connectivity index (χ0v) is 18.8. The molecule has 0 amide bonds. The van der Waals surface area contributed by atoms with E-state index in [-0.39, 0.29) is 22.2 Å². The van der Waals surface area contributed by atoms with Crippen LogP contribution in [0.4, 0.5) is 18.9 Å². The van der Waals surface area contributed by atoms with E-state index in [1.165, 1.54) is 24.6 Å². The van der Waals surface area contributed by atoms with Crippen molar-refractivity contribution in [3.8, 4) is 0 Å². The maximum Gasteiger partial charge on any atom is 0.516 e. The molecule has 0 saturated heterocycles. The number of hydrogen-bond donors (Lipinski definition) is 1. The van der Waals surface area contributed by atoms with Gasteiger partial charge in [0.2, 0.25) is 0 Å². The molecule has 2 saturated carbocycles. The van der Waals surface area contributed by atoms with Gasteiger partial charge in [0.05, 0.1) is 11.4 Å². The summed E-state index contributed by atoms with van der Waals surface area (Å²) in [6, 6.07) is 4.04. The summed E-state index contributed by atoms with van der Waals surface area (Å²) >= 11 is 6.12. The van der Waals surface area contributed by atoms with Gasteiger partial charge in [-0.25, -0.2) is 0 Å². The Labute approximate surface area is 186 Å². The lowest BCUT2D eigenvalue weighted by Crippen LogP contribution is -2.31. The van der Waals surface area contributed by atoms with Crippen LogP contribution in [-0.2, 0) is 14.9 Å². The Kier molecular flexibility index (Phi) is 8.13. The number of rotatable bonds is 7. The van der Waals surface area contributed by atoms with Crippen molar-refractivity contribution in [1.82, 2.24) is 0 Å². The Bertz CT molecular complexity index is 878. The monoisotopic (exact) mass is 480 g/mol. The first-order chi connectivity index (χ1) is 14.7. The number of hydrogen-bond acceptors (Lipinski definition) is 4. The van der Waals surface area contributed by atoms with Crippen LogP contribution in [0.15, 0.2) is 23.4 Å². The molecule has 0 aromatic heterocycles. The molecule has 0 radical (unpaired) electrons. The van der Waals surface area contributed by atoms with Crippen LogP contribution in [-0.4, -0.2) is 26.2 Å². The van der Waals surface area contributed by atoms with Crippen molar-refractivity contribution in [3.05, 3.63) is 28.8 Å². The van der Waals surface area contributed by atoms with E-state index in [0.717, 1.165) is 57.8 Å². The van der Waals surface area contributed by atoms with Crippen LogP contribution >= 0.6 is 11.6 Å². The van der Waals surface area contributed by atoms with E-state index in [2.05, 4.69) is 5.16 Å². The third-order valence-electron chi connectivity index (χ3n) is 6.00. The van der Waals surface area contributed by atoms with Crippen molar-refractivity contribution in [2.75, 3.05) is 11.3 Å². The molecule has 0 aliphatic heterocycles. The normalized spacial score (nSPS) is 19.9. The predicted octanol–water partition coefficient (Wildman–Crippen LogP) is 6.48. The fourth-order valence-corrected chi connectivity index (χ4v) is 5.06. The molecular weight excluding hydrogens is 453 g/mol. The predicted molar refractivity (Wildman–Crippen MR) is 116 cm³/mol. The highest BCUT2D eigenvalue weighted by Crippen LogP contribution is 2.34. The SMILES string of the molecule is O=S(=O)(Nc1ccc(Cl)cc1C(=NOCC1CCCCC1)C1CCCCC1)C(F)(F)F. The van der Waals surface area contributed by atoms with Gasteiger partial charge in [0.1, 0.15) is 6.61 Å². The molecule has 1 aromatic carbocycles. The van der Waals surface area contributed by atoms with Crippen LogP contribution in [0.5, 0.6) is 0 Å². The minimum atomic E-state index is -5.58. The quantitative estimate of drug-likeness (QED) is 0.358. The molecule has 0 bridgehead atoms. The van der Waals surface area contributed by atoms with Gasteiger partial charge in [-0.15, -0.1) is 0 Å². The van der Waals surface area contributed by atoms with Crippen LogP contribution in [0.3, 0.4) is 0 Å². The number of nitrogens with zero attached hydrogens (tertiary/aromatic N) is 1. The maximum atomic E-state index is 13.0. The second-order valence-corrected chi connectivity index (χ2v) is 10.5. The molecule has 2 fully saturated rings. The summed E-state index contributed by atoms with van der Waals surface area (Å²) in [5.41, 5.74) is -4.94. The first-order valence-electron chi connectivity index (χ1n) is 10.8. The molecule has 2 aliphatic carbocycles. The van der Waals surface area contributed by atoms with Gasteiger partial charge in [0, 0.05) is 16.5 Å². The molecule has 1 N–H and O–H groups in total. The summed E-state index contributed by atoms with van der Waals surface area (Å²) in [5.74, 6) is 0.375. The lowest BCUT2D eigenvalue weighted by atomic mass is 9.83. The lowest BCUT2D eigenvalue weighted by Gasteiger charge is -2.25. The zero-order chi connectivity index (χ0) is 22.5. The smallest absolute Gasteiger partial charge is 0.395 e. The largest absolute Gasteiger partial charge is 0.516 e. The van der Waals surface area contributed by atoms with E-state index in [1.54, 1.807) is 4.72 Å². The molecule has 0 unspecified atom stereocenters. The Morgan fingerprint density at radius 3 is 2.29 bits per heavy atom. The second kappa shape index (κ2) is 10.4. The molecule has 5 nitrogen and oxygen atoms in total. The Morgan fingerprint density at radius 1 is 1.06 bits per heavy atom. The average Bonchev–Trinajstić information content (AvgIpc) is 2.73. The maximum absolute atomic E-state index is 13.0. The molecule has 3 rings (SSSR count). The highest BCUT2D eigenvalue weighted by Gasteiger charge is 2.46. The summed E-state index contributed by atoms with van der Waals surface area (Å²) in [6.45, 7) is 0.445. The number of oxime groups is 1. The first kappa shape index (κ1) is 24.2. The van der Waals surface area contributed by atoms with Crippen LogP contribution in [0.25, 0.3) is 0 Å². The number of halogens is 4. The molecular formula is C21H28ClF3N2O3S. The summed E-state index contributed by atoms with van der Waals surface area (Å²) in [7, 11) is -5.58. The van der Waals surface area contributed by atoms with Gasteiger partial charge in [0.25, 0.3) is 0 Å². The number of benzene rings is 1. The molecule has 0 heterocycles. The van der Waals surface area contributed by atoms with Gasteiger partial charge in [0.15, 0.2) is 0 Å². The summed E-state index contributed by atoms with van der Waals surface area (Å²) in [5, 5.41) is 4.63.